The van der Waals surface area contributed by atoms with E-state index in [1.54, 1.807) is 0 Å². The Morgan fingerprint density at radius 1 is 1.60 bits per heavy atom. The molecule has 0 atom stereocenters. The summed E-state index contributed by atoms with van der Waals surface area (Å²) in [7, 11) is 0. The standard InChI is InChI=1S/C7H16N2O/c1-6(2)7(8)9-4-3-5-10/h6,10H,3-5H2,1-2H3,(H2,8,9). The predicted octanol–water partition coefficient (Wildman–Crippen LogP) is 0.382. The van der Waals surface area contributed by atoms with Gasteiger partial charge >= 0.3 is 0 Å². The van der Waals surface area contributed by atoms with Gasteiger partial charge < -0.3 is 10.8 Å². The summed E-state index contributed by atoms with van der Waals surface area (Å²) in [5.74, 6) is 0.993. The number of nitrogens with zero attached hydrogens (tertiary/aromatic N) is 1. The Bertz CT molecular complexity index is 110. The minimum atomic E-state index is 0.189. The molecule has 0 rings (SSSR count). The number of hydrogen-bond donors (Lipinski definition) is 2. The number of aliphatic hydroxyl groups excluding tert-OH is 1. The molecule has 10 heavy (non-hydrogen) atoms. The molecular formula is C7H16N2O. The lowest BCUT2D eigenvalue weighted by molar-refractivity contribution is 0.291. The first-order valence-electron chi connectivity index (χ1n) is 3.59. The monoisotopic (exact) mass is 144 g/mol. The Hall–Kier alpha value is -0.570. The van der Waals surface area contributed by atoms with Gasteiger partial charge in [0.25, 0.3) is 0 Å². The molecule has 0 amide bonds. The minimum absolute atomic E-state index is 0.189. The molecule has 0 fully saturated rings. The van der Waals surface area contributed by atoms with E-state index in [2.05, 4.69) is 4.99 Å². The molecule has 0 aromatic rings. The highest BCUT2D eigenvalue weighted by Gasteiger charge is 1.96. The lowest BCUT2D eigenvalue weighted by Gasteiger charge is -2.02. The summed E-state index contributed by atoms with van der Waals surface area (Å²) in [6.07, 6.45) is 0.702. The molecule has 60 valence electrons. The van der Waals surface area contributed by atoms with Crippen molar-refractivity contribution < 1.29 is 5.11 Å². The van der Waals surface area contributed by atoms with E-state index in [1.807, 2.05) is 13.8 Å². The van der Waals surface area contributed by atoms with E-state index < -0.39 is 0 Å². The molecule has 0 aliphatic rings. The second kappa shape index (κ2) is 5.23. The molecule has 0 bridgehead atoms. The number of aliphatic imine (C=N–C) groups is 1. The summed E-state index contributed by atoms with van der Waals surface area (Å²) in [6, 6.07) is 0. The van der Waals surface area contributed by atoms with Crippen LogP contribution in [0.15, 0.2) is 4.99 Å². The van der Waals surface area contributed by atoms with E-state index in [9.17, 15) is 0 Å². The Labute approximate surface area is 62.0 Å². The van der Waals surface area contributed by atoms with Crippen LogP contribution in [0.4, 0.5) is 0 Å². The van der Waals surface area contributed by atoms with Crippen LogP contribution >= 0.6 is 0 Å². The van der Waals surface area contributed by atoms with Crippen molar-refractivity contribution in [3.05, 3.63) is 0 Å². The SMILES string of the molecule is CC(C)C(N)=NCCCO. The van der Waals surface area contributed by atoms with Crippen molar-refractivity contribution in [1.82, 2.24) is 0 Å². The molecular weight excluding hydrogens is 128 g/mol. The number of aliphatic hydroxyl groups is 1. The highest BCUT2D eigenvalue weighted by Crippen LogP contribution is 1.91. The topological polar surface area (TPSA) is 58.6 Å². The predicted molar refractivity (Wildman–Crippen MR) is 43.0 cm³/mol. The van der Waals surface area contributed by atoms with E-state index in [1.165, 1.54) is 0 Å². The second-order valence-corrected chi connectivity index (χ2v) is 2.54. The van der Waals surface area contributed by atoms with Crippen LogP contribution in [0.2, 0.25) is 0 Å². The first-order chi connectivity index (χ1) is 4.68. The molecule has 0 radical (unpaired) electrons. The zero-order valence-corrected chi connectivity index (χ0v) is 6.67. The molecule has 3 nitrogen and oxygen atoms in total. The van der Waals surface area contributed by atoms with E-state index in [0.29, 0.717) is 24.7 Å². The Morgan fingerprint density at radius 2 is 2.20 bits per heavy atom. The van der Waals surface area contributed by atoms with Crippen LogP contribution in [0.25, 0.3) is 0 Å². The Kier molecular flexibility index (Phi) is 4.94. The van der Waals surface area contributed by atoms with Gasteiger partial charge in [0.05, 0.1) is 5.84 Å². The van der Waals surface area contributed by atoms with Crippen LogP contribution in [0.5, 0.6) is 0 Å². The third kappa shape index (κ3) is 4.32. The molecule has 0 unspecified atom stereocenters. The summed E-state index contributed by atoms with van der Waals surface area (Å²) in [5, 5.41) is 8.41. The third-order valence-electron chi connectivity index (χ3n) is 1.20. The molecule has 0 aromatic heterocycles. The molecule has 0 aliphatic heterocycles. The van der Waals surface area contributed by atoms with Crippen molar-refractivity contribution >= 4 is 5.84 Å². The van der Waals surface area contributed by atoms with Gasteiger partial charge in [0, 0.05) is 19.1 Å². The van der Waals surface area contributed by atoms with Crippen molar-refractivity contribution in [2.75, 3.05) is 13.2 Å². The van der Waals surface area contributed by atoms with E-state index in [4.69, 9.17) is 10.8 Å². The molecule has 0 aromatic carbocycles. The average molecular weight is 144 g/mol. The first-order valence-corrected chi connectivity index (χ1v) is 3.59. The smallest absolute Gasteiger partial charge is 0.0962 e. The zero-order chi connectivity index (χ0) is 7.98. The van der Waals surface area contributed by atoms with Gasteiger partial charge in [-0.25, -0.2) is 0 Å². The number of nitrogens with two attached hydrogens (primary N) is 1. The highest BCUT2D eigenvalue weighted by atomic mass is 16.3. The van der Waals surface area contributed by atoms with Crippen LogP contribution in [0.1, 0.15) is 20.3 Å². The molecule has 0 aliphatic carbocycles. The number of rotatable bonds is 4. The Balaban J connectivity index is 3.48. The minimum Gasteiger partial charge on any atom is -0.396 e. The van der Waals surface area contributed by atoms with Crippen LogP contribution in [-0.2, 0) is 0 Å². The highest BCUT2D eigenvalue weighted by molar-refractivity contribution is 5.82. The first kappa shape index (κ1) is 9.43. The van der Waals surface area contributed by atoms with Crippen molar-refractivity contribution in [3.8, 4) is 0 Å². The summed E-state index contributed by atoms with van der Waals surface area (Å²) in [4.78, 5) is 4.05. The van der Waals surface area contributed by atoms with Crippen molar-refractivity contribution in [1.29, 1.82) is 0 Å². The zero-order valence-electron chi connectivity index (χ0n) is 6.67. The normalized spacial score (nSPS) is 12.6. The summed E-state index contributed by atoms with van der Waals surface area (Å²) in [6.45, 7) is 4.82. The van der Waals surface area contributed by atoms with Crippen molar-refractivity contribution in [2.24, 2.45) is 16.6 Å². The van der Waals surface area contributed by atoms with E-state index >= 15 is 0 Å². The van der Waals surface area contributed by atoms with Crippen LogP contribution in [0.3, 0.4) is 0 Å². The fourth-order valence-electron chi connectivity index (χ4n) is 0.461. The summed E-state index contributed by atoms with van der Waals surface area (Å²) < 4.78 is 0. The maximum atomic E-state index is 8.41. The molecule has 0 spiro atoms. The average Bonchev–Trinajstić information content (AvgIpc) is 1.88. The largest absolute Gasteiger partial charge is 0.396 e. The molecule has 0 saturated carbocycles. The van der Waals surface area contributed by atoms with Gasteiger partial charge in [0.1, 0.15) is 0 Å². The van der Waals surface area contributed by atoms with Gasteiger partial charge in [-0.2, -0.15) is 0 Å². The summed E-state index contributed by atoms with van der Waals surface area (Å²) >= 11 is 0. The number of amidine groups is 1. The van der Waals surface area contributed by atoms with Gasteiger partial charge in [-0.15, -0.1) is 0 Å². The molecule has 0 heterocycles. The van der Waals surface area contributed by atoms with Gasteiger partial charge in [-0.3, -0.25) is 4.99 Å². The lowest BCUT2D eigenvalue weighted by atomic mass is 10.2. The third-order valence-corrected chi connectivity index (χ3v) is 1.20. The Morgan fingerprint density at radius 3 is 2.60 bits per heavy atom. The van der Waals surface area contributed by atoms with Crippen LogP contribution in [0, 0.1) is 5.92 Å². The molecule has 3 N–H and O–H groups in total. The second-order valence-electron chi connectivity index (χ2n) is 2.54. The molecule has 0 saturated heterocycles. The van der Waals surface area contributed by atoms with Crippen LogP contribution in [-0.4, -0.2) is 24.1 Å². The lowest BCUT2D eigenvalue weighted by Crippen LogP contribution is -2.19. The molecule has 3 heteroatoms. The maximum Gasteiger partial charge on any atom is 0.0962 e. The van der Waals surface area contributed by atoms with Gasteiger partial charge in [0.15, 0.2) is 0 Å². The fraction of sp³-hybridized carbons (Fsp3) is 0.857. The number of hydrogen-bond acceptors (Lipinski definition) is 2. The quantitative estimate of drug-likeness (QED) is 0.340. The van der Waals surface area contributed by atoms with Crippen molar-refractivity contribution in [2.45, 2.75) is 20.3 Å². The van der Waals surface area contributed by atoms with Gasteiger partial charge in [0.2, 0.25) is 0 Å². The van der Waals surface area contributed by atoms with E-state index in [0.717, 1.165) is 0 Å². The van der Waals surface area contributed by atoms with E-state index in [-0.39, 0.29) is 6.61 Å². The summed E-state index contributed by atoms with van der Waals surface area (Å²) in [5.41, 5.74) is 5.53. The van der Waals surface area contributed by atoms with Gasteiger partial charge in [-0.05, 0) is 6.42 Å². The van der Waals surface area contributed by atoms with Crippen molar-refractivity contribution in [3.63, 3.8) is 0 Å². The maximum absolute atomic E-state index is 8.41. The van der Waals surface area contributed by atoms with Crippen LogP contribution < -0.4 is 5.73 Å². The van der Waals surface area contributed by atoms with Gasteiger partial charge in [-0.1, -0.05) is 13.8 Å². The fourth-order valence-corrected chi connectivity index (χ4v) is 0.461.